The summed E-state index contributed by atoms with van der Waals surface area (Å²) in [5.74, 6) is 1.36. The monoisotopic (exact) mass is 426 g/mol. The van der Waals surface area contributed by atoms with E-state index < -0.39 is 0 Å². The Hall–Kier alpha value is -1.83. The standard InChI is InChI=1S/C17H22N4O.HI/c1-4-10-19-17(18-5-2)20-11-15-12-22-16(21-15)14-8-6-13(3)7-9-14;/h4,6-9,12H,1,5,10-11H2,2-3H3,(H2,18,19,20);1H. The molecule has 0 aliphatic carbocycles. The van der Waals surface area contributed by atoms with Crippen LogP contribution >= 0.6 is 24.0 Å². The summed E-state index contributed by atoms with van der Waals surface area (Å²) in [4.78, 5) is 8.94. The Kier molecular flexibility index (Phi) is 8.39. The topological polar surface area (TPSA) is 62.5 Å². The van der Waals surface area contributed by atoms with Crippen LogP contribution in [0.1, 0.15) is 18.2 Å². The summed E-state index contributed by atoms with van der Waals surface area (Å²) in [5.41, 5.74) is 2.98. The second-order valence-corrected chi connectivity index (χ2v) is 4.87. The molecule has 6 heteroatoms. The van der Waals surface area contributed by atoms with Crippen LogP contribution in [-0.2, 0) is 6.54 Å². The van der Waals surface area contributed by atoms with Gasteiger partial charge in [0.1, 0.15) is 12.0 Å². The number of aliphatic imine (C=N–C) groups is 1. The summed E-state index contributed by atoms with van der Waals surface area (Å²) in [7, 11) is 0. The van der Waals surface area contributed by atoms with Gasteiger partial charge in [-0.15, -0.1) is 30.6 Å². The van der Waals surface area contributed by atoms with E-state index in [0.29, 0.717) is 19.0 Å². The number of nitrogens with zero attached hydrogens (tertiary/aromatic N) is 2. The van der Waals surface area contributed by atoms with Crippen LogP contribution in [0.15, 0.2) is 52.6 Å². The van der Waals surface area contributed by atoms with Gasteiger partial charge in [-0.3, -0.25) is 0 Å². The predicted octanol–water partition coefficient (Wildman–Crippen LogP) is 3.51. The zero-order valence-corrected chi connectivity index (χ0v) is 15.8. The number of hydrogen-bond acceptors (Lipinski definition) is 3. The van der Waals surface area contributed by atoms with Crippen molar-refractivity contribution >= 4 is 29.9 Å². The van der Waals surface area contributed by atoms with Gasteiger partial charge in [0, 0.05) is 18.7 Å². The molecule has 1 aromatic carbocycles. The smallest absolute Gasteiger partial charge is 0.226 e. The van der Waals surface area contributed by atoms with Crippen molar-refractivity contribution in [3.05, 3.63) is 54.4 Å². The van der Waals surface area contributed by atoms with Gasteiger partial charge in [0.15, 0.2) is 5.96 Å². The first-order valence-electron chi connectivity index (χ1n) is 7.37. The summed E-state index contributed by atoms with van der Waals surface area (Å²) < 4.78 is 5.53. The lowest BCUT2D eigenvalue weighted by Gasteiger charge is -2.08. The first kappa shape index (κ1) is 19.2. The summed E-state index contributed by atoms with van der Waals surface area (Å²) in [6.45, 7) is 9.69. The highest BCUT2D eigenvalue weighted by atomic mass is 127. The molecule has 0 aliphatic rings. The number of aryl methyl sites for hydroxylation is 1. The lowest BCUT2D eigenvalue weighted by molar-refractivity contribution is 0.572. The summed E-state index contributed by atoms with van der Waals surface area (Å²) in [5, 5.41) is 6.31. The third-order valence-corrected chi connectivity index (χ3v) is 3.01. The van der Waals surface area contributed by atoms with Crippen molar-refractivity contribution in [2.24, 2.45) is 4.99 Å². The minimum Gasteiger partial charge on any atom is -0.444 e. The molecule has 0 spiro atoms. The zero-order valence-electron chi connectivity index (χ0n) is 13.5. The number of nitrogens with one attached hydrogen (secondary N) is 2. The normalized spacial score (nSPS) is 10.8. The van der Waals surface area contributed by atoms with Crippen LogP contribution in [0.2, 0.25) is 0 Å². The number of hydrogen-bond donors (Lipinski definition) is 2. The molecule has 2 aromatic rings. The number of rotatable bonds is 6. The van der Waals surface area contributed by atoms with Crippen LogP contribution in [-0.4, -0.2) is 24.0 Å². The van der Waals surface area contributed by atoms with Gasteiger partial charge in [-0.05, 0) is 26.0 Å². The van der Waals surface area contributed by atoms with E-state index in [1.54, 1.807) is 12.3 Å². The van der Waals surface area contributed by atoms with Crippen LogP contribution < -0.4 is 10.6 Å². The van der Waals surface area contributed by atoms with Crippen LogP contribution in [0.4, 0.5) is 0 Å². The minimum atomic E-state index is 0. The Morgan fingerprint density at radius 2 is 2.04 bits per heavy atom. The average molecular weight is 426 g/mol. The molecule has 0 atom stereocenters. The molecule has 0 saturated carbocycles. The molecule has 0 aliphatic heterocycles. The summed E-state index contributed by atoms with van der Waals surface area (Å²) in [6.07, 6.45) is 3.44. The molecule has 0 saturated heterocycles. The molecular weight excluding hydrogens is 403 g/mol. The molecule has 1 aromatic heterocycles. The van der Waals surface area contributed by atoms with E-state index in [1.165, 1.54) is 5.56 Å². The fraction of sp³-hybridized carbons (Fsp3) is 0.294. The third kappa shape index (κ3) is 6.05. The van der Waals surface area contributed by atoms with E-state index in [2.05, 4.69) is 34.1 Å². The van der Waals surface area contributed by atoms with E-state index in [4.69, 9.17) is 4.42 Å². The summed E-state index contributed by atoms with van der Waals surface area (Å²) in [6, 6.07) is 8.09. The van der Waals surface area contributed by atoms with Crippen molar-refractivity contribution in [2.75, 3.05) is 13.1 Å². The third-order valence-electron chi connectivity index (χ3n) is 3.01. The largest absolute Gasteiger partial charge is 0.444 e. The lowest BCUT2D eigenvalue weighted by Crippen LogP contribution is -2.37. The van der Waals surface area contributed by atoms with E-state index >= 15 is 0 Å². The SMILES string of the molecule is C=CCNC(=NCc1coc(-c2ccc(C)cc2)n1)NCC.I. The molecule has 0 unspecified atom stereocenters. The summed E-state index contributed by atoms with van der Waals surface area (Å²) >= 11 is 0. The maximum Gasteiger partial charge on any atom is 0.226 e. The fourth-order valence-corrected chi connectivity index (χ4v) is 1.88. The average Bonchev–Trinajstić information content (AvgIpc) is 3.00. The van der Waals surface area contributed by atoms with Gasteiger partial charge in [0.25, 0.3) is 0 Å². The molecule has 0 amide bonds. The van der Waals surface area contributed by atoms with E-state index in [9.17, 15) is 0 Å². The minimum absolute atomic E-state index is 0. The maximum atomic E-state index is 5.53. The fourth-order valence-electron chi connectivity index (χ4n) is 1.88. The van der Waals surface area contributed by atoms with E-state index in [1.807, 2.05) is 31.2 Å². The van der Waals surface area contributed by atoms with Crippen LogP contribution in [0.3, 0.4) is 0 Å². The molecule has 124 valence electrons. The van der Waals surface area contributed by atoms with Gasteiger partial charge in [0.2, 0.25) is 5.89 Å². The molecule has 2 rings (SSSR count). The Balaban J connectivity index is 0.00000264. The van der Waals surface area contributed by atoms with Crippen LogP contribution in [0.25, 0.3) is 11.5 Å². The highest BCUT2D eigenvalue weighted by Crippen LogP contribution is 2.19. The number of benzene rings is 1. The Bertz CT molecular complexity index is 634. The van der Waals surface area contributed by atoms with Gasteiger partial charge in [-0.1, -0.05) is 23.8 Å². The van der Waals surface area contributed by atoms with Gasteiger partial charge in [0.05, 0.1) is 6.54 Å². The van der Waals surface area contributed by atoms with Gasteiger partial charge < -0.3 is 15.1 Å². The zero-order chi connectivity index (χ0) is 15.8. The molecule has 23 heavy (non-hydrogen) atoms. The lowest BCUT2D eigenvalue weighted by atomic mass is 10.1. The van der Waals surface area contributed by atoms with Gasteiger partial charge >= 0.3 is 0 Å². The van der Waals surface area contributed by atoms with Crippen LogP contribution in [0, 0.1) is 6.92 Å². The Morgan fingerprint density at radius 3 is 2.70 bits per heavy atom. The maximum absolute atomic E-state index is 5.53. The molecule has 1 heterocycles. The first-order chi connectivity index (χ1) is 10.7. The molecule has 2 N–H and O–H groups in total. The molecule has 0 fully saturated rings. The van der Waals surface area contributed by atoms with E-state index in [0.717, 1.165) is 23.8 Å². The van der Waals surface area contributed by atoms with Crippen molar-refractivity contribution < 1.29 is 4.42 Å². The predicted molar refractivity (Wildman–Crippen MR) is 105 cm³/mol. The van der Waals surface area contributed by atoms with Crippen molar-refractivity contribution in [3.63, 3.8) is 0 Å². The highest BCUT2D eigenvalue weighted by molar-refractivity contribution is 14.0. The van der Waals surface area contributed by atoms with Crippen LogP contribution in [0.5, 0.6) is 0 Å². The van der Waals surface area contributed by atoms with Crippen molar-refractivity contribution in [2.45, 2.75) is 20.4 Å². The van der Waals surface area contributed by atoms with Crippen molar-refractivity contribution in [1.82, 2.24) is 15.6 Å². The number of guanidine groups is 1. The highest BCUT2D eigenvalue weighted by Gasteiger charge is 2.06. The quantitative estimate of drug-likeness (QED) is 0.321. The number of aromatic nitrogens is 1. The van der Waals surface area contributed by atoms with Crippen molar-refractivity contribution in [3.8, 4) is 11.5 Å². The van der Waals surface area contributed by atoms with Gasteiger partial charge in [-0.2, -0.15) is 0 Å². The number of oxazole rings is 1. The Labute approximate surface area is 154 Å². The van der Waals surface area contributed by atoms with E-state index in [-0.39, 0.29) is 24.0 Å². The second-order valence-electron chi connectivity index (χ2n) is 4.87. The molecule has 0 radical (unpaired) electrons. The number of halogens is 1. The van der Waals surface area contributed by atoms with Gasteiger partial charge in [-0.25, -0.2) is 9.98 Å². The Morgan fingerprint density at radius 1 is 1.30 bits per heavy atom. The molecular formula is C17H23IN4O. The first-order valence-corrected chi connectivity index (χ1v) is 7.37. The second kappa shape index (κ2) is 10.0. The molecule has 5 nitrogen and oxygen atoms in total. The molecule has 0 bridgehead atoms. The van der Waals surface area contributed by atoms with Crippen molar-refractivity contribution in [1.29, 1.82) is 0 Å².